The van der Waals surface area contributed by atoms with Crippen molar-refractivity contribution in [2.75, 3.05) is 0 Å². The molecule has 1 aliphatic carbocycles. The van der Waals surface area contributed by atoms with Crippen LogP contribution in [0, 0.1) is 6.92 Å². The molecule has 0 aromatic heterocycles. The Morgan fingerprint density at radius 3 is 3.00 bits per heavy atom. The van der Waals surface area contributed by atoms with Gasteiger partial charge in [-0.05, 0) is 31.4 Å². The van der Waals surface area contributed by atoms with Gasteiger partial charge in [-0.3, -0.25) is 0 Å². The summed E-state index contributed by atoms with van der Waals surface area (Å²) in [6.45, 7) is 2.12. The van der Waals surface area contributed by atoms with E-state index in [1.54, 1.807) is 0 Å². The van der Waals surface area contributed by atoms with Gasteiger partial charge in [0.25, 0.3) is 0 Å². The summed E-state index contributed by atoms with van der Waals surface area (Å²) in [6, 6.07) is 6.46. The molecule has 2 heteroatoms. The first-order chi connectivity index (χ1) is 6.31. The van der Waals surface area contributed by atoms with Gasteiger partial charge in [0.1, 0.15) is 5.76 Å². The number of fused-ring (bicyclic) bond motifs is 1. The van der Waals surface area contributed by atoms with Crippen molar-refractivity contribution in [1.82, 2.24) is 0 Å². The first kappa shape index (κ1) is 8.57. The molecule has 0 fully saturated rings. The fourth-order valence-corrected chi connectivity index (χ4v) is 1.93. The molecule has 0 heterocycles. The van der Waals surface area contributed by atoms with Crippen molar-refractivity contribution in [3.8, 4) is 0 Å². The molecule has 1 aromatic rings. The second-order valence-corrected chi connectivity index (χ2v) is 3.57. The number of hydrogen-bond donors (Lipinski definition) is 0. The molecule has 3 radical (unpaired) electrons. The molecule has 0 aliphatic heterocycles. The molecule has 0 unspecified atom stereocenters. The second-order valence-electron chi connectivity index (χ2n) is 3.37. The van der Waals surface area contributed by atoms with E-state index in [0.29, 0.717) is 0 Å². The lowest BCUT2D eigenvalue weighted by molar-refractivity contribution is 0.564. The van der Waals surface area contributed by atoms with Gasteiger partial charge >= 0.3 is 10.5 Å². The highest BCUT2D eigenvalue weighted by molar-refractivity contribution is 6.02. The highest BCUT2D eigenvalue weighted by Crippen LogP contribution is 2.27. The first-order valence-electron chi connectivity index (χ1n) is 4.45. The normalized spacial score (nSPS) is 14.8. The summed E-state index contributed by atoms with van der Waals surface area (Å²) in [6.07, 6.45) is 4.30. The largest absolute Gasteiger partial charge is 0.540 e. The molecule has 13 heavy (non-hydrogen) atoms. The van der Waals surface area contributed by atoms with E-state index in [2.05, 4.69) is 41.7 Å². The van der Waals surface area contributed by atoms with Crippen LogP contribution in [0.5, 0.6) is 0 Å². The van der Waals surface area contributed by atoms with Crippen molar-refractivity contribution < 1.29 is 4.43 Å². The van der Waals surface area contributed by atoms with E-state index in [1.165, 1.54) is 16.7 Å². The Balaban J connectivity index is 2.49. The Hall–Kier alpha value is -1.02. The quantitative estimate of drug-likeness (QED) is 0.613. The Morgan fingerprint density at radius 1 is 1.38 bits per heavy atom. The summed E-state index contributed by atoms with van der Waals surface area (Å²) in [4.78, 5) is 0. The van der Waals surface area contributed by atoms with Crippen molar-refractivity contribution in [2.24, 2.45) is 0 Å². The van der Waals surface area contributed by atoms with Gasteiger partial charge in [-0.2, -0.15) is 0 Å². The van der Waals surface area contributed by atoms with Crippen LogP contribution in [0.1, 0.15) is 23.1 Å². The molecule has 1 aliphatic rings. The van der Waals surface area contributed by atoms with Crippen LogP contribution in [0.15, 0.2) is 24.3 Å². The topological polar surface area (TPSA) is 9.23 Å². The number of benzene rings is 1. The fraction of sp³-hybridized carbons (Fsp3) is 0.273. The second kappa shape index (κ2) is 3.38. The molecule has 0 bridgehead atoms. The molecule has 65 valence electrons. The van der Waals surface area contributed by atoms with E-state index >= 15 is 0 Å². The zero-order valence-electron chi connectivity index (χ0n) is 7.63. The summed E-state index contributed by atoms with van der Waals surface area (Å²) >= 11 is 0. The number of hydrogen-bond acceptors (Lipinski definition) is 1. The Bertz CT molecular complexity index is 355. The molecule has 0 amide bonds. The third-order valence-electron chi connectivity index (χ3n) is 2.38. The van der Waals surface area contributed by atoms with Crippen LogP contribution in [-0.4, -0.2) is 10.5 Å². The van der Waals surface area contributed by atoms with Gasteiger partial charge in [0.2, 0.25) is 0 Å². The minimum Gasteiger partial charge on any atom is -0.540 e. The number of rotatable bonds is 1. The lowest BCUT2D eigenvalue weighted by Gasteiger charge is -2.17. The fourth-order valence-electron chi connectivity index (χ4n) is 1.74. The Morgan fingerprint density at radius 2 is 2.23 bits per heavy atom. The minimum atomic E-state index is 0.943. The maximum absolute atomic E-state index is 5.12. The van der Waals surface area contributed by atoms with E-state index in [0.717, 1.165) is 18.6 Å². The molecular formula is C11H11OSi. The summed E-state index contributed by atoms with van der Waals surface area (Å²) < 4.78 is 5.12. The highest BCUT2D eigenvalue weighted by Gasteiger charge is 2.11. The van der Waals surface area contributed by atoms with Crippen molar-refractivity contribution in [3.63, 3.8) is 0 Å². The number of aryl methyl sites for hydroxylation is 2. The molecule has 0 saturated carbocycles. The van der Waals surface area contributed by atoms with Crippen molar-refractivity contribution in [1.29, 1.82) is 0 Å². The maximum atomic E-state index is 5.12. The molecule has 0 spiro atoms. The van der Waals surface area contributed by atoms with Gasteiger partial charge in [-0.1, -0.05) is 23.8 Å². The zero-order chi connectivity index (χ0) is 9.26. The molecule has 0 N–H and O–H groups in total. The third kappa shape index (κ3) is 1.54. The molecular weight excluding hydrogens is 176 g/mol. The summed E-state index contributed by atoms with van der Waals surface area (Å²) in [7, 11) is 3.08. The van der Waals surface area contributed by atoms with Crippen molar-refractivity contribution in [2.45, 2.75) is 19.8 Å². The SMILES string of the molecule is Cc1ccc2c(c1)CCC=C2O[Si]. The Kier molecular flexibility index (Phi) is 2.23. The lowest BCUT2D eigenvalue weighted by Crippen LogP contribution is -2.01. The van der Waals surface area contributed by atoms with E-state index in [-0.39, 0.29) is 0 Å². The summed E-state index contributed by atoms with van der Waals surface area (Å²) in [5, 5.41) is 0. The molecule has 2 rings (SSSR count). The van der Waals surface area contributed by atoms with E-state index in [4.69, 9.17) is 4.43 Å². The van der Waals surface area contributed by atoms with Crippen LogP contribution in [-0.2, 0) is 10.8 Å². The maximum Gasteiger partial charge on any atom is 0.341 e. The van der Waals surface area contributed by atoms with E-state index in [1.807, 2.05) is 0 Å². The highest BCUT2D eigenvalue weighted by atomic mass is 28.2. The summed E-state index contributed by atoms with van der Waals surface area (Å²) in [5.41, 5.74) is 3.91. The van der Waals surface area contributed by atoms with Crippen molar-refractivity contribution >= 4 is 16.2 Å². The monoisotopic (exact) mass is 187 g/mol. The predicted octanol–water partition coefficient (Wildman–Crippen LogP) is 2.38. The van der Waals surface area contributed by atoms with Crippen molar-refractivity contribution in [3.05, 3.63) is 41.0 Å². The first-order valence-corrected chi connectivity index (χ1v) is 4.86. The third-order valence-corrected chi connectivity index (χ3v) is 2.60. The van der Waals surface area contributed by atoms with Crippen LogP contribution in [0.3, 0.4) is 0 Å². The van der Waals surface area contributed by atoms with Crippen LogP contribution in [0.2, 0.25) is 0 Å². The Labute approximate surface area is 82.0 Å². The van der Waals surface area contributed by atoms with Gasteiger partial charge < -0.3 is 4.43 Å². The van der Waals surface area contributed by atoms with Gasteiger partial charge in [0, 0.05) is 5.56 Å². The number of allylic oxidation sites excluding steroid dienone is 1. The lowest BCUT2D eigenvalue weighted by atomic mass is 9.94. The van der Waals surface area contributed by atoms with Crippen LogP contribution in [0.25, 0.3) is 5.76 Å². The van der Waals surface area contributed by atoms with Crippen LogP contribution in [0.4, 0.5) is 0 Å². The van der Waals surface area contributed by atoms with Gasteiger partial charge in [-0.25, -0.2) is 0 Å². The molecule has 0 saturated heterocycles. The van der Waals surface area contributed by atoms with Crippen LogP contribution >= 0.6 is 0 Å². The molecule has 1 aromatic carbocycles. The smallest absolute Gasteiger partial charge is 0.341 e. The van der Waals surface area contributed by atoms with E-state index in [9.17, 15) is 0 Å². The van der Waals surface area contributed by atoms with E-state index < -0.39 is 0 Å². The molecule has 0 atom stereocenters. The average molecular weight is 187 g/mol. The zero-order valence-corrected chi connectivity index (χ0v) is 8.63. The van der Waals surface area contributed by atoms with Gasteiger partial charge in [0.05, 0.1) is 0 Å². The minimum absolute atomic E-state index is 0.943. The van der Waals surface area contributed by atoms with Gasteiger partial charge in [-0.15, -0.1) is 0 Å². The summed E-state index contributed by atoms with van der Waals surface area (Å²) in [5.74, 6) is 0.943. The average Bonchev–Trinajstić information content (AvgIpc) is 2.16. The molecule has 1 nitrogen and oxygen atoms in total. The van der Waals surface area contributed by atoms with Crippen LogP contribution < -0.4 is 0 Å². The van der Waals surface area contributed by atoms with Gasteiger partial charge in [0.15, 0.2) is 0 Å². The standard InChI is InChI=1S/C11H11OSi/c1-8-5-6-10-9(7-8)3-2-4-11(10)12-13/h4-7H,2-3H2,1H3. The predicted molar refractivity (Wildman–Crippen MR) is 54.3 cm³/mol.